The smallest absolute Gasteiger partial charge is 0.178 e. The summed E-state index contributed by atoms with van der Waals surface area (Å²) in [5.41, 5.74) is 3.18. The highest BCUT2D eigenvalue weighted by atomic mass is 35.5. The normalized spacial score (nSPS) is 17.4. The number of hydrogen-bond acceptors (Lipinski definition) is 2. The van der Waals surface area contributed by atoms with Crippen molar-refractivity contribution in [2.75, 3.05) is 10.2 Å². The van der Waals surface area contributed by atoms with Gasteiger partial charge in [0, 0.05) is 11.6 Å². The Hall–Kier alpha value is -1.38. The average Bonchev–Trinajstić information content (AvgIpc) is 2.69. The van der Waals surface area contributed by atoms with E-state index in [2.05, 4.69) is 16.3 Å². The lowest BCUT2D eigenvalue weighted by molar-refractivity contribution is 0.827. The van der Waals surface area contributed by atoms with Crippen LogP contribution >= 0.6 is 23.2 Å². The molecule has 2 aromatic carbocycles. The lowest BCUT2D eigenvalue weighted by Gasteiger charge is -2.22. The van der Waals surface area contributed by atoms with E-state index >= 15 is 0 Å². The maximum absolute atomic E-state index is 6.31. The molecule has 1 aliphatic rings. The van der Waals surface area contributed by atoms with Crippen molar-refractivity contribution in [2.45, 2.75) is 12.2 Å². The second kappa shape index (κ2) is 4.71. The van der Waals surface area contributed by atoms with E-state index in [1.165, 1.54) is 5.56 Å². The first kappa shape index (κ1) is 11.7. The number of anilines is 2. The summed E-state index contributed by atoms with van der Waals surface area (Å²) in [6, 6.07) is 16.0. The molecule has 0 saturated carbocycles. The van der Waals surface area contributed by atoms with Crippen molar-refractivity contribution < 1.29 is 0 Å². The Balaban J connectivity index is 1.87. The van der Waals surface area contributed by atoms with E-state index < -0.39 is 0 Å². The van der Waals surface area contributed by atoms with Gasteiger partial charge in [-0.25, -0.2) is 0 Å². The zero-order valence-corrected chi connectivity index (χ0v) is 11.1. The SMILES string of the molecule is Clc1ccc(CN2c3ccccc3NC2Cl)cc1. The summed E-state index contributed by atoms with van der Waals surface area (Å²) in [5.74, 6) is 0. The standard InChI is InChI=1S/C14H12Cl2N2/c15-11-7-5-10(6-8-11)9-18-13-4-2-1-3-12(13)17-14(18)16/h1-8,14,17H,9H2. The highest BCUT2D eigenvalue weighted by Gasteiger charge is 2.26. The molecule has 1 atom stereocenters. The topological polar surface area (TPSA) is 15.3 Å². The lowest BCUT2D eigenvalue weighted by atomic mass is 10.2. The van der Waals surface area contributed by atoms with Crippen molar-refractivity contribution in [3.8, 4) is 0 Å². The molecule has 1 aliphatic heterocycles. The molecule has 92 valence electrons. The third-order valence-corrected chi connectivity index (χ3v) is 3.62. The summed E-state index contributed by atoms with van der Waals surface area (Å²) in [7, 11) is 0. The van der Waals surface area contributed by atoms with Crippen LogP contribution in [0.3, 0.4) is 0 Å². The molecule has 0 aliphatic carbocycles. The van der Waals surface area contributed by atoms with Crippen LogP contribution in [0.2, 0.25) is 5.02 Å². The van der Waals surface area contributed by atoms with Gasteiger partial charge in [0.25, 0.3) is 0 Å². The molecular formula is C14H12Cl2N2. The van der Waals surface area contributed by atoms with Crippen LogP contribution in [0.15, 0.2) is 48.5 Å². The summed E-state index contributed by atoms with van der Waals surface area (Å²) in [6.45, 7) is 0.759. The number of halogens is 2. The predicted octanol–water partition coefficient (Wildman–Crippen LogP) is 4.29. The third kappa shape index (κ3) is 2.14. The number of hydrogen-bond donors (Lipinski definition) is 1. The molecule has 2 aromatic rings. The Bertz CT molecular complexity index is 554. The molecule has 0 saturated heterocycles. The molecule has 18 heavy (non-hydrogen) atoms. The molecule has 0 amide bonds. The molecule has 1 N–H and O–H groups in total. The maximum Gasteiger partial charge on any atom is 0.178 e. The average molecular weight is 279 g/mol. The van der Waals surface area contributed by atoms with Gasteiger partial charge >= 0.3 is 0 Å². The number of benzene rings is 2. The lowest BCUT2D eigenvalue weighted by Crippen LogP contribution is -2.30. The Labute approximate surface area is 116 Å². The van der Waals surface area contributed by atoms with Crippen LogP contribution in [0, 0.1) is 0 Å². The minimum atomic E-state index is -0.210. The molecule has 2 nitrogen and oxygen atoms in total. The van der Waals surface area contributed by atoms with Gasteiger partial charge in [-0.05, 0) is 29.8 Å². The molecule has 1 heterocycles. The van der Waals surface area contributed by atoms with E-state index in [9.17, 15) is 0 Å². The van der Waals surface area contributed by atoms with E-state index in [0.29, 0.717) is 0 Å². The van der Waals surface area contributed by atoms with Gasteiger partial charge in [0.1, 0.15) is 0 Å². The van der Waals surface area contributed by atoms with Crippen molar-refractivity contribution in [1.82, 2.24) is 0 Å². The molecule has 0 bridgehead atoms. The van der Waals surface area contributed by atoms with Crippen LogP contribution in [0.1, 0.15) is 5.56 Å². The van der Waals surface area contributed by atoms with Gasteiger partial charge in [0.05, 0.1) is 11.4 Å². The molecule has 3 rings (SSSR count). The van der Waals surface area contributed by atoms with Gasteiger partial charge in [-0.2, -0.15) is 0 Å². The van der Waals surface area contributed by atoms with Crippen molar-refractivity contribution in [1.29, 1.82) is 0 Å². The van der Waals surface area contributed by atoms with E-state index in [0.717, 1.165) is 22.9 Å². The van der Waals surface area contributed by atoms with Gasteiger partial charge in [-0.3, -0.25) is 0 Å². The number of rotatable bonds is 2. The summed E-state index contributed by atoms with van der Waals surface area (Å²) < 4.78 is 0. The van der Waals surface area contributed by atoms with Gasteiger partial charge in [-0.15, -0.1) is 0 Å². The summed E-state index contributed by atoms with van der Waals surface area (Å²) in [5, 5.41) is 4.00. The molecule has 0 aromatic heterocycles. The zero-order chi connectivity index (χ0) is 12.5. The zero-order valence-electron chi connectivity index (χ0n) is 9.61. The van der Waals surface area contributed by atoms with Crippen LogP contribution in [0.5, 0.6) is 0 Å². The maximum atomic E-state index is 6.31. The fourth-order valence-electron chi connectivity index (χ4n) is 2.13. The molecule has 4 heteroatoms. The van der Waals surface area contributed by atoms with E-state index in [-0.39, 0.29) is 5.62 Å². The van der Waals surface area contributed by atoms with Gasteiger partial charge in [0.2, 0.25) is 0 Å². The first-order valence-electron chi connectivity index (χ1n) is 5.75. The number of alkyl halides is 1. The molecular weight excluding hydrogens is 267 g/mol. The van der Waals surface area contributed by atoms with Gasteiger partial charge < -0.3 is 10.2 Å². The molecule has 1 unspecified atom stereocenters. The minimum absolute atomic E-state index is 0.210. The fourth-order valence-corrected chi connectivity index (χ4v) is 2.54. The first-order valence-corrected chi connectivity index (χ1v) is 6.56. The number of nitrogens with one attached hydrogen (secondary N) is 1. The second-order valence-electron chi connectivity index (χ2n) is 4.25. The first-order chi connectivity index (χ1) is 8.74. The van der Waals surface area contributed by atoms with Gasteiger partial charge in [0.15, 0.2) is 5.62 Å². The van der Waals surface area contributed by atoms with E-state index in [1.807, 2.05) is 42.5 Å². The summed E-state index contributed by atoms with van der Waals surface area (Å²) in [6.07, 6.45) is 0. The van der Waals surface area contributed by atoms with E-state index in [1.54, 1.807) is 0 Å². The Morgan fingerprint density at radius 1 is 1.06 bits per heavy atom. The summed E-state index contributed by atoms with van der Waals surface area (Å²) in [4.78, 5) is 2.13. The third-order valence-electron chi connectivity index (χ3n) is 3.03. The largest absolute Gasteiger partial charge is 0.351 e. The highest BCUT2D eigenvalue weighted by molar-refractivity contribution is 6.30. The van der Waals surface area contributed by atoms with Crippen LogP contribution < -0.4 is 10.2 Å². The highest BCUT2D eigenvalue weighted by Crippen LogP contribution is 2.36. The summed E-state index contributed by atoms with van der Waals surface area (Å²) >= 11 is 12.2. The molecule has 0 fully saturated rings. The number of nitrogens with zero attached hydrogens (tertiary/aromatic N) is 1. The van der Waals surface area contributed by atoms with Crippen LogP contribution in [0.25, 0.3) is 0 Å². The Morgan fingerprint density at radius 3 is 2.56 bits per heavy atom. The van der Waals surface area contributed by atoms with Crippen molar-refractivity contribution in [3.05, 3.63) is 59.1 Å². The second-order valence-corrected chi connectivity index (χ2v) is 5.10. The number of fused-ring (bicyclic) bond motifs is 1. The fraction of sp³-hybridized carbons (Fsp3) is 0.143. The predicted molar refractivity (Wildman–Crippen MR) is 77.3 cm³/mol. The quantitative estimate of drug-likeness (QED) is 0.651. The minimum Gasteiger partial charge on any atom is -0.351 e. The van der Waals surface area contributed by atoms with Crippen molar-refractivity contribution in [2.24, 2.45) is 0 Å². The number of para-hydroxylation sites is 2. The van der Waals surface area contributed by atoms with Gasteiger partial charge in [-0.1, -0.05) is 47.5 Å². The van der Waals surface area contributed by atoms with Crippen LogP contribution in [-0.4, -0.2) is 5.62 Å². The molecule has 0 radical (unpaired) electrons. The van der Waals surface area contributed by atoms with Crippen LogP contribution in [0.4, 0.5) is 11.4 Å². The van der Waals surface area contributed by atoms with Crippen LogP contribution in [-0.2, 0) is 6.54 Å². The Morgan fingerprint density at radius 2 is 1.78 bits per heavy atom. The molecule has 0 spiro atoms. The van der Waals surface area contributed by atoms with Crippen molar-refractivity contribution in [3.63, 3.8) is 0 Å². The Kier molecular flexibility index (Phi) is 3.06. The van der Waals surface area contributed by atoms with E-state index in [4.69, 9.17) is 23.2 Å². The monoisotopic (exact) mass is 278 g/mol. The van der Waals surface area contributed by atoms with Crippen molar-refractivity contribution >= 4 is 34.6 Å².